The maximum atomic E-state index is 9.22. The quantitative estimate of drug-likeness (QED) is 0.473. The van der Waals surface area contributed by atoms with Crippen molar-refractivity contribution in [3.05, 3.63) is 12.3 Å². The van der Waals surface area contributed by atoms with Crippen molar-refractivity contribution in [2.24, 2.45) is 0 Å². The van der Waals surface area contributed by atoms with Gasteiger partial charge in [0.2, 0.25) is 11.6 Å². The maximum Gasteiger partial charge on any atom is 0.236 e. The molecule has 2 rings (SSSR count). The fraction of sp³-hybridized carbons (Fsp3) is 0. The molecule has 0 radical (unpaired) electrons. The molecule has 2 aromatic heterocycles. The SMILES string of the molecule is Nc1oc2c(ccn2N)c1O. The van der Waals surface area contributed by atoms with Crippen LogP contribution in [-0.2, 0) is 0 Å². The number of nitrogens with two attached hydrogens (primary N) is 2. The summed E-state index contributed by atoms with van der Waals surface area (Å²) >= 11 is 0. The second-order valence-electron chi connectivity index (χ2n) is 2.26. The highest BCUT2D eigenvalue weighted by Gasteiger charge is 2.12. The summed E-state index contributed by atoms with van der Waals surface area (Å²) in [5.74, 6) is 5.36. The average Bonchev–Trinajstić information content (AvgIpc) is 2.43. The summed E-state index contributed by atoms with van der Waals surface area (Å²) in [5, 5.41) is 9.76. The monoisotopic (exact) mass is 153 g/mol. The van der Waals surface area contributed by atoms with E-state index in [1.54, 1.807) is 12.3 Å². The second kappa shape index (κ2) is 1.63. The van der Waals surface area contributed by atoms with Gasteiger partial charge >= 0.3 is 0 Å². The third-order valence-corrected chi connectivity index (χ3v) is 1.56. The minimum Gasteiger partial charge on any atom is -0.503 e. The fourth-order valence-electron chi connectivity index (χ4n) is 1.01. The van der Waals surface area contributed by atoms with Crippen molar-refractivity contribution in [2.75, 3.05) is 11.6 Å². The molecule has 0 amide bonds. The molecule has 0 aliphatic carbocycles. The van der Waals surface area contributed by atoms with Gasteiger partial charge in [-0.15, -0.1) is 0 Å². The molecule has 0 aliphatic rings. The molecule has 0 aromatic carbocycles. The molecule has 0 atom stereocenters. The Bertz CT molecular complexity index is 401. The molecule has 5 N–H and O–H groups in total. The van der Waals surface area contributed by atoms with E-state index in [0.717, 1.165) is 0 Å². The van der Waals surface area contributed by atoms with E-state index in [2.05, 4.69) is 0 Å². The number of nitrogen functional groups attached to an aromatic ring is 2. The van der Waals surface area contributed by atoms with Gasteiger partial charge in [0.25, 0.3) is 0 Å². The first-order valence-corrected chi connectivity index (χ1v) is 3.03. The zero-order chi connectivity index (χ0) is 8.01. The lowest BCUT2D eigenvalue weighted by atomic mass is 10.4. The van der Waals surface area contributed by atoms with Crippen molar-refractivity contribution < 1.29 is 9.52 Å². The topological polar surface area (TPSA) is 90.3 Å². The minimum atomic E-state index is -0.0517. The molecule has 2 aromatic rings. The van der Waals surface area contributed by atoms with Crippen LogP contribution in [0.4, 0.5) is 5.88 Å². The lowest BCUT2D eigenvalue weighted by molar-refractivity contribution is 0.471. The first-order valence-electron chi connectivity index (χ1n) is 3.03. The first-order chi connectivity index (χ1) is 5.20. The van der Waals surface area contributed by atoms with Crippen LogP contribution in [0.3, 0.4) is 0 Å². The predicted molar refractivity (Wildman–Crippen MR) is 40.4 cm³/mol. The highest BCUT2D eigenvalue weighted by Crippen LogP contribution is 2.33. The zero-order valence-corrected chi connectivity index (χ0v) is 5.61. The molecule has 5 nitrogen and oxygen atoms in total. The number of anilines is 1. The number of fused-ring (bicyclic) bond motifs is 1. The Morgan fingerprint density at radius 1 is 1.55 bits per heavy atom. The molecule has 0 unspecified atom stereocenters. The van der Waals surface area contributed by atoms with E-state index >= 15 is 0 Å². The summed E-state index contributed by atoms with van der Waals surface area (Å²) in [5.41, 5.74) is 5.66. The molecule has 2 heterocycles. The molecular weight excluding hydrogens is 146 g/mol. The number of nitrogens with zero attached hydrogens (tertiary/aromatic N) is 1. The normalized spacial score (nSPS) is 10.9. The summed E-state index contributed by atoms with van der Waals surface area (Å²) in [7, 11) is 0. The number of furan rings is 1. The van der Waals surface area contributed by atoms with Crippen LogP contribution in [0.25, 0.3) is 11.1 Å². The van der Waals surface area contributed by atoms with Gasteiger partial charge in [0.15, 0.2) is 5.75 Å². The van der Waals surface area contributed by atoms with Gasteiger partial charge in [-0.25, -0.2) is 4.68 Å². The molecule has 0 bridgehead atoms. The number of rotatable bonds is 0. The van der Waals surface area contributed by atoms with E-state index in [1.165, 1.54) is 4.68 Å². The summed E-state index contributed by atoms with van der Waals surface area (Å²) in [6.07, 6.45) is 1.58. The number of aromatic hydroxyl groups is 1. The summed E-state index contributed by atoms with van der Waals surface area (Å²) < 4.78 is 6.19. The van der Waals surface area contributed by atoms with Crippen LogP contribution in [0.2, 0.25) is 0 Å². The van der Waals surface area contributed by atoms with Crippen LogP contribution in [0.5, 0.6) is 5.75 Å². The minimum absolute atomic E-state index is 0.00481. The van der Waals surface area contributed by atoms with Crippen molar-refractivity contribution in [3.8, 4) is 5.75 Å². The molecule has 0 spiro atoms. The molecule has 5 heteroatoms. The van der Waals surface area contributed by atoms with Crippen LogP contribution in [0.15, 0.2) is 16.7 Å². The Kier molecular flexibility index (Phi) is 0.883. The zero-order valence-electron chi connectivity index (χ0n) is 5.61. The van der Waals surface area contributed by atoms with E-state index in [9.17, 15) is 5.11 Å². The van der Waals surface area contributed by atoms with Gasteiger partial charge in [-0.3, -0.25) is 0 Å². The third-order valence-electron chi connectivity index (χ3n) is 1.56. The third kappa shape index (κ3) is 0.590. The largest absolute Gasteiger partial charge is 0.503 e. The smallest absolute Gasteiger partial charge is 0.236 e. The Morgan fingerprint density at radius 3 is 2.91 bits per heavy atom. The van der Waals surface area contributed by atoms with Gasteiger partial charge in [0.05, 0.1) is 5.39 Å². The van der Waals surface area contributed by atoms with Crippen molar-refractivity contribution in [2.45, 2.75) is 0 Å². The van der Waals surface area contributed by atoms with E-state index < -0.39 is 0 Å². The molecule has 58 valence electrons. The Morgan fingerprint density at radius 2 is 2.27 bits per heavy atom. The van der Waals surface area contributed by atoms with Crippen molar-refractivity contribution >= 4 is 17.0 Å². The van der Waals surface area contributed by atoms with Gasteiger partial charge in [-0.1, -0.05) is 0 Å². The molecular formula is C6H7N3O2. The van der Waals surface area contributed by atoms with Crippen LogP contribution >= 0.6 is 0 Å². The van der Waals surface area contributed by atoms with Gasteiger partial charge < -0.3 is 21.1 Å². The van der Waals surface area contributed by atoms with Gasteiger partial charge in [0.1, 0.15) is 0 Å². The molecule has 0 fully saturated rings. The fourth-order valence-corrected chi connectivity index (χ4v) is 1.01. The lowest BCUT2D eigenvalue weighted by Gasteiger charge is -1.87. The van der Waals surface area contributed by atoms with Gasteiger partial charge in [-0.05, 0) is 6.07 Å². The molecule has 0 saturated carbocycles. The first kappa shape index (κ1) is 5.96. The van der Waals surface area contributed by atoms with E-state index in [4.69, 9.17) is 16.0 Å². The van der Waals surface area contributed by atoms with Crippen LogP contribution < -0.4 is 11.6 Å². The van der Waals surface area contributed by atoms with Crippen LogP contribution in [0, 0.1) is 0 Å². The molecule has 0 saturated heterocycles. The summed E-state index contributed by atoms with van der Waals surface area (Å²) in [6.45, 7) is 0. The van der Waals surface area contributed by atoms with E-state index in [-0.39, 0.29) is 11.6 Å². The Hall–Kier alpha value is -1.78. The number of aromatic nitrogens is 1. The number of hydrogen-bond acceptors (Lipinski definition) is 4. The molecule has 0 aliphatic heterocycles. The molecule has 11 heavy (non-hydrogen) atoms. The lowest BCUT2D eigenvalue weighted by Crippen LogP contribution is -2.04. The van der Waals surface area contributed by atoms with Crippen LogP contribution in [-0.4, -0.2) is 9.78 Å². The van der Waals surface area contributed by atoms with E-state index in [1.807, 2.05) is 0 Å². The highest BCUT2D eigenvalue weighted by molar-refractivity contribution is 5.87. The van der Waals surface area contributed by atoms with Gasteiger partial charge in [0, 0.05) is 6.20 Å². The Labute approximate surface area is 61.8 Å². The highest BCUT2D eigenvalue weighted by atomic mass is 16.4. The van der Waals surface area contributed by atoms with Gasteiger partial charge in [-0.2, -0.15) is 0 Å². The second-order valence-corrected chi connectivity index (χ2v) is 2.26. The van der Waals surface area contributed by atoms with E-state index in [0.29, 0.717) is 11.1 Å². The predicted octanol–water partition coefficient (Wildman–Crippen LogP) is 0.236. The van der Waals surface area contributed by atoms with Crippen molar-refractivity contribution in [3.63, 3.8) is 0 Å². The summed E-state index contributed by atoms with van der Waals surface area (Å²) in [6, 6.07) is 1.63. The van der Waals surface area contributed by atoms with Crippen molar-refractivity contribution in [1.29, 1.82) is 0 Å². The maximum absolute atomic E-state index is 9.22. The summed E-state index contributed by atoms with van der Waals surface area (Å²) in [4.78, 5) is 0. The standard InChI is InChI=1S/C6H7N3O2/c7-5-4(10)3-1-2-9(8)6(3)11-5/h1-2,10H,7-8H2. The number of hydrogen-bond donors (Lipinski definition) is 3. The van der Waals surface area contributed by atoms with Crippen LogP contribution in [0.1, 0.15) is 0 Å². The van der Waals surface area contributed by atoms with Crippen molar-refractivity contribution in [1.82, 2.24) is 4.68 Å². The average molecular weight is 153 g/mol. The Balaban J connectivity index is 2.93.